The molecule has 0 aliphatic rings. The predicted molar refractivity (Wildman–Crippen MR) is 56.4 cm³/mol. The summed E-state index contributed by atoms with van der Waals surface area (Å²) in [6.07, 6.45) is 1.76. The molecule has 1 aromatic carbocycles. The summed E-state index contributed by atoms with van der Waals surface area (Å²) in [4.78, 5) is 0. The van der Waals surface area contributed by atoms with Gasteiger partial charge in [0, 0.05) is 24.2 Å². The maximum Gasteiger partial charge on any atom is 0.124 e. The van der Waals surface area contributed by atoms with Crippen molar-refractivity contribution in [2.45, 2.75) is 13.0 Å². The summed E-state index contributed by atoms with van der Waals surface area (Å²) in [6.45, 7) is 6.22. The molecule has 1 unspecified atom stereocenters. The zero-order valence-corrected chi connectivity index (χ0v) is 8.20. The van der Waals surface area contributed by atoms with E-state index in [1.165, 1.54) is 6.07 Å². The van der Waals surface area contributed by atoms with Gasteiger partial charge < -0.3 is 15.5 Å². The van der Waals surface area contributed by atoms with Crippen LogP contribution in [0.15, 0.2) is 30.9 Å². The van der Waals surface area contributed by atoms with Gasteiger partial charge in [0.25, 0.3) is 0 Å². The fourth-order valence-electron chi connectivity index (χ4n) is 1.27. The molecule has 0 bridgehead atoms. The molecule has 0 spiro atoms. The first-order chi connectivity index (χ1) is 6.65. The van der Waals surface area contributed by atoms with E-state index in [9.17, 15) is 5.11 Å². The first-order valence-electron chi connectivity index (χ1n) is 4.51. The van der Waals surface area contributed by atoms with Crippen LogP contribution in [0.5, 0.6) is 11.5 Å². The van der Waals surface area contributed by atoms with Gasteiger partial charge in [-0.1, -0.05) is 12.1 Å². The Morgan fingerprint density at radius 1 is 1.50 bits per heavy atom. The highest BCUT2D eigenvalue weighted by Crippen LogP contribution is 2.27. The first kappa shape index (κ1) is 10.6. The maximum absolute atomic E-state index is 9.54. The average Bonchev–Trinajstić information content (AvgIpc) is 2.14. The minimum absolute atomic E-state index is 0.0357. The quantitative estimate of drug-likeness (QED) is 0.640. The number of aromatic hydroxyl groups is 2. The Morgan fingerprint density at radius 3 is 2.79 bits per heavy atom. The molecule has 0 aliphatic carbocycles. The average molecular weight is 193 g/mol. The molecule has 0 saturated carbocycles. The molecular weight excluding hydrogens is 178 g/mol. The number of benzene rings is 1. The zero-order chi connectivity index (χ0) is 10.6. The number of rotatable bonds is 4. The SMILES string of the molecule is C=CCNC(C)c1ccc(O)cc1O. The third-order valence-electron chi connectivity index (χ3n) is 2.05. The molecule has 0 radical (unpaired) electrons. The summed E-state index contributed by atoms with van der Waals surface area (Å²) in [5.74, 6) is 0.177. The second-order valence-electron chi connectivity index (χ2n) is 3.16. The molecular formula is C11H15NO2. The van der Waals surface area contributed by atoms with Gasteiger partial charge in [-0.15, -0.1) is 6.58 Å². The fraction of sp³-hybridized carbons (Fsp3) is 0.273. The molecule has 1 atom stereocenters. The number of hydrogen-bond donors (Lipinski definition) is 3. The van der Waals surface area contributed by atoms with E-state index < -0.39 is 0 Å². The molecule has 0 saturated heterocycles. The van der Waals surface area contributed by atoms with Crippen LogP contribution in [0.3, 0.4) is 0 Å². The van der Waals surface area contributed by atoms with Gasteiger partial charge in [0.2, 0.25) is 0 Å². The third-order valence-corrected chi connectivity index (χ3v) is 2.05. The predicted octanol–water partition coefficient (Wildman–Crippen LogP) is 1.93. The lowest BCUT2D eigenvalue weighted by Gasteiger charge is -2.14. The van der Waals surface area contributed by atoms with E-state index >= 15 is 0 Å². The van der Waals surface area contributed by atoms with Crippen LogP contribution in [-0.4, -0.2) is 16.8 Å². The number of phenols is 2. The Hall–Kier alpha value is -1.48. The van der Waals surface area contributed by atoms with Crippen molar-refractivity contribution in [3.05, 3.63) is 36.4 Å². The van der Waals surface area contributed by atoms with Crippen LogP contribution in [0.4, 0.5) is 0 Å². The normalized spacial score (nSPS) is 12.4. The van der Waals surface area contributed by atoms with E-state index in [1.807, 2.05) is 6.92 Å². The van der Waals surface area contributed by atoms with Crippen LogP contribution in [0.2, 0.25) is 0 Å². The third kappa shape index (κ3) is 2.50. The van der Waals surface area contributed by atoms with Gasteiger partial charge in [-0.25, -0.2) is 0 Å². The Balaban J connectivity index is 2.78. The van der Waals surface area contributed by atoms with Gasteiger partial charge in [0.15, 0.2) is 0 Å². The number of hydrogen-bond acceptors (Lipinski definition) is 3. The van der Waals surface area contributed by atoms with E-state index in [0.29, 0.717) is 6.54 Å². The van der Waals surface area contributed by atoms with E-state index in [0.717, 1.165) is 5.56 Å². The van der Waals surface area contributed by atoms with Crippen molar-refractivity contribution < 1.29 is 10.2 Å². The largest absolute Gasteiger partial charge is 0.508 e. The van der Waals surface area contributed by atoms with Crippen LogP contribution < -0.4 is 5.32 Å². The molecule has 14 heavy (non-hydrogen) atoms. The van der Waals surface area contributed by atoms with Gasteiger partial charge in [0.05, 0.1) is 0 Å². The van der Waals surface area contributed by atoms with E-state index in [2.05, 4.69) is 11.9 Å². The molecule has 3 heteroatoms. The monoisotopic (exact) mass is 193 g/mol. The summed E-state index contributed by atoms with van der Waals surface area (Å²) >= 11 is 0. The molecule has 0 aromatic heterocycles. The Bertz CT molecular complexity index is 323. The first-order valence-corrected chi connectivity index (χ1v) is 4.51. The Kier molecular flexibility index (Phi) is 3.54. The molecule has 0 fully saturated rings. The van der Waals surface area contributed by atoms with Gasteiger partial charge in [-0.2, -0.15) is 0 Å². The lowest BCUT2D eigenvalue weighted by Crippen LogP contribution is -2.18. The summed E-state index contributed by atoms with van der Waals surface area (Å²) in [7, 11) is 0. The lowest BCUT2D eigenvalue weighted by molar-refractivity contribution is 0.438. The number of phenolic OH excluding ortho intramolecular Hbond substituents is 2. The molecule has 3 N–H and O–H groups in total. The fourth-order valence-corrected chi connectivity index (χ4v) is 1.27. The molecule has 0 heterocycles. The minimum Gasteiger partial charge on any atom is -0.508 e. The van der Waals surface area contributed by atoms with Crippen LogP contribution in [-0.2, 0) is 0 Å². The molecule has 3 nitrogen and oxygen atoms in total. The molecule has 76 valence electrons. The van der Waals surface area contributed by atoms with Crippen molar-refractivity contribution in [3.8, 4) is 11.5 Å². The molecule has 0 aliphatic heterocycles. The highest BCUT2D eigenvalue weighted by molar-refractivity contribution is 5.40. The maximum atomic E-state index is 9.54. The van der Waals surface area contributed by atoms with E-state index in [-0.39, 0.29) is 17.5 Å². The molecule has 1 rings (SSSR count). The van der Waals surface area contributed by atoms with Crippen LogP contribution in [0, 0.1) is 0 Å². The molecule has 0 amide bonds. The van der Waals surface area contributed by atoms with Crippen LogP contribution in [0.25, 0.3) is 0 Å². The summed E-state index contributed by atoms with van der Waals surface area (Å²) in [5, 5.41) is 21.8. The van der Waals surface area contributed by atoms with Gasteiger partial charge in [-0.3, -0.25) is 0 Å². The zero-order valence-electron chi connectivity index (χ0n) is 8.20. The molecule has 1 aromatic rings. The van der Waals surface area contributed by atoms with Crippen LogP contribution >= 0.6 is 0 Å². The van der Waals surface area contributed by atoms with Crippen molar-refractivity contribution in [2.24, 2.45) is 0 Å². The second-order valence-corrected chi connectivity index (χ2v) is 3.16. The minimum atomic E-state index is 0.0357. The Morgan fingerprint density at radius 2 is 2.21 bits per heavy atom. The topological polar surface area (TPSA) is 52.5 Å². The lowest BCUT2D eigenvalue weighted by atomic mass is 10.1. The van der Waals surface area contributed by atoms with Crippen molar-refractivity contribution in [2.75, 3.05) is 6.54 Å². The Labute approximate surface area is 83.7 Å². The van der Waals surface area contributed by atoms with Gasteiger partial charge >= 0.3 is 0 Å². The smallest absolute Gasteiger partial charge is 0.124 e. The highest BCUT2D eigenvalue weighted by Gasteiger charge is 2.09. The van der Waals surface area contributed by atoms with Crippen molar-refractivity contribution in [1.29, 1.82) is 0 Å². The number of nitrogens with one attached hydrogen (secondary N) is 1. The summed E-state index contributed by atoms with van der Waals surface area (Å²) in [6, 6.07) is 4.63. The second kappa shape index (κ2) is 4.67. The van der Waals surface area contributed by atoms with E-state index in [1.54, 1.807) is 18.2 Å². The van der Waals surface area contributed by atoms with Crippen LogP contribution in [0.1, 0.15) is 18.5 Å². The van der Waals surface area contributed by atoms with Gasteiger partial charge in [-0.05, 0) is 13.0 Å². The van der Waals surface area contributed by atoms with E-state index in [4.69, 9.17) is 5.11 Å². The summed E-state index contributed by atoms with van der Waals surface area (Å²) < 4.78 is 0. The van der Waals surface area contributed by atoms with Gasteiger partial charge in [0.1, 0.15) is 11.5 Å². The van der Waals surface area contributed by atoms with Crippen molar-refractivity contribution >= 4 is 0 Å². The van der Waals surface area contributed by atoms with Crippen molar-refractivity contribution in [1.82, 2.24) is 5.32 Å². The standard InChI is InChI=1S/C11H15NO2/c1-3-6-12-8(2)10-5-4-9(13)7-11(10)14/h3-5,7-8,12-14H,1,6H2,2H3. The van der Waals surface area contributed by atoms with Crippen molar-refractivity contribution in [3.63, 3.8) is 0 Å². The highest BCUT2D eigenvalue weighted by atomic mass is 16.3. The summed E-state index contributed by atoms with van der Waals surface area (Å²) in [5.41, 5.74) is 0.768.